The Balaban J connectivity index is 1.62. The Labute approximate surface area is 281 Å². The van der Waals surface area contributed by atoms with Crippen LogP contribution in [0, 0.1) is 5.41 Å². The van der Waals surface area contributed by atoms with Gasteiger partial charge in [0.2, 0.25) is 11.6 Å². The summed E-state index contributed by atoms with van der Waals surface area (Å²) in [6.07, 6.45) is 12.1. The molecule has 0 fully saturated rings. The van der Waals surface area contributed by atoms with Gasteiger partial charge in [0, 0.05) is 47.6 Å². The lowest BCUT2D eigenvalue weighted by atomic mass is 9.70. The predicted octanol–water partition coefficient (Wildman–Crippen LogP) is 8.06. The monoisotopic (exact) mass is 634 g/mol. The van der Waals surface area contributed by atoms with Gasteiger partial charge in [-0.3, -0.25) is 9.59 Å². The fourth-order valence-corrected chi connectivity index (χ4v) is 7.72. The van der Waals surface area contributed by atoms with Crippen LogP contribution in [0.3, 0.4) is 0 Å². The Bertz CT molecular complexity index is 1700. The number of hydrogen-bond donors (Lipinski definition) is 1. The van der Waals surface area contributed by atoms with Gasteiger partial charge in [-0.25, -0.2) is 0 Å². The Hall–Kier alpha value is -4.19. The van der Waals surface area contributed by atoms with Gasteiger partial charge in [-0.2, -0.15) is 4.58 Å². The zero-order valence-corrected chi connectivity index (χ0v) is 29.6. The molecule has 47 heavy (non-hydrogen) atoms. The number of nitrogens with zero attached hydrogens (tertiary/aromatic N) is 2. The minimum atomic E-state index is -1.36. The lowest BCUT2D eigenvalue weighted by Crippen LogP contribution is -2.49. The minimum Gasteiger partial charge on any atom is -0.465 e. The van der Waals surface area contributed by atoms with Crippen LogP contribution in [0.5, 0.6) is 0 Å². The molecule has 2 aromatic carbocycles. The second kappa shape index (κ2) is 13.5. The van der Waals surface area contributed by atoms with Crippen LogP contribution in [0.2, 0.25) is 0 Å². The van der Waals surface area contributed by atoms with Gasteiger partial charge in [0.1, 0.15) is 6.54 Å². The molecule has 6 nitrogen and oxygen atoms in total. The van der Waals surface area contributed by atoms with Crippen molar-refractivity contribution in [1.82, 2.24) is 5.32 Å². The van der Waals surface area contributed by atoms with Crippen molar-refractivity contribution in [3.8, 4) is 0 Å². The van der Waals surface area contributed by atoms with E-state index in [1.54, 1.807) is 6.92 Å². The summed E-state index contributed by atoms with van der Waals surface area (Å²) >= 11 is 0. The van der Waals surface area contributed by atoms with Gasteiger partial charge < -0.3 is 15.0 Å². The second-order valence-corrected chi connectivity index (χ2v) is 13.9. The molecule has 1 amide bonds. The molecule has 1 N–H and O–H groups in total. The van der Waals surface area contributed by atoms with Crippen LogP contribution in [0.4, 0.5) is 11.4 Å². The van der Waals surface area contributed by atoms with Gasteiger partial charge >= 0.3 is 5.97 Å². The van der Waals surface area contributed by atoms with E-state index in [0.29, 0.717) is 6.54 Å². The van der Waals surface area contributed by atoms with E-state index < -0.39 is 11.4 Å². The number of nitrogens with one attached hydrogen (secondary N) is 1. The third-order valence-electron chi connectivity index (χ3n) is 10.2. The van der Waals surface area contributed by atoms with Crippen LogP contribution in [0.25, 0.3) is 0 Å². The zero-order valence-electron chi connectivity index (χ0n) is 29.6. The van der Waals surface area contributed by atoms with Gasteiger partial charge in [-0.05, 0) is 82.7 Å². The van der Waals surface area contributed by atoms with Crippen LogP contribution in [-0.2, 0) is 25.2 Å². The summed E-state index contributed by atoms with van der Waals surface area (Å²) in [5.41, 5.74) is 7.56. The molecule has 0 saturated heterocycles. The van der Waals surface area contributed by atoms with Crippen molar-refractivity contribution >= 4 is 29.0 Å². The van der Waals surface area contributed by atoms with E-state index in [9.17, 15) is 9.59 Å². The number of fused-ring (bicyclic) bond motifs is 2. The number of carbonyl (C=O) groups is 2. The molecule has 1 unspecified atom stereocenters. The van der Waals surface area contributed by atoms with Crippen molar-refractivity contribution in [1.29, 1.82) is 0 Å². The van der Waals surface area contributed by atoms with E-state index in [1.807, 2.05) is 6.92 Å². The molecule has 6 heteroatoms. The maximum absolute atomic E-state index is 14.0. The van der Waals surface area contributed by atoms with Gasteiger partial charge in [0.25, 0.3) is 0 Å². The number of esters is 1. The average Bonchev–Trinajstić information content (AvgIpc) is 3.43. The van der Waals surface area contributed by atoms with Crippen molar-refractivity contribution in [3.63, 3.8) is 0 Å². The van der Waals surface area contributed by atoms with Gasteiger partial charge in [0.05, 0.1) is 12.0 Å². The molecule has 0 aromatic heterocycles. The number of carbonyl (C=O) groups excluding carboxylic acids is 2. The third-order valence-corrected chi connectivity index (χ3v) is 10.2. The van der Waals surface area contributed by atoms with Crippen molar-refractivity contribution in [3.05, 3.63) is 107 Å². The van der Waals surface area contributed by atoms with Crippen LogP contribution < -0.4 is 10.2 Å². The Morgan fingerprint density at radius 3 is 2.28 bits per heavy atom. The highest BCUT2D eigenvalue weighted by Gasteiger charge is 2.50. The molecule has 2 aliphatic heterocycles. The summed E-state index contributed by atoms with van der Waals surface area (Å²) in [7, 11) is 0. The number of para-hydroxylation sites is 2. The Morgan fingerprint density at radius 2 is 1.60 bits per heavy atom. The molecule has 0 spiro atoms. The first kappa shape index (κ1) is 34.2. The largest absolute Gasteiger partial charge is 0.465 e. The van der Waals surface area contributed by atoms with E-state index in [0.717, 1.165) is 30.7 Å². The minimum absolute atomic E-state index is 0.190. The number of rotatable bonds is 10. The highest BCUT2D eigenvalue weighted by molar-refractivity contribution is 6.05. The smallest absolute Gasteiger partial charge is 0.322 e. The Kier molecular flexibility index (Phi) is 9.81. The summed E-state index contributed by atoms with van der Waals surface area (Å²) in [5.74, 6) is -0.734. The van der Waals surface area contributed by atoms with Crippen molar-refractivity contribution in [2.75, 3.05) is 31.1 Å². The molecule has 0 radical (unpaired) electrons. The maximum Gasteiger partial charge on any atom is 0.322 e. The van der Waals surface area contributed by atoms with Crippen molar-refractivity contribution < 1.29 is 18.9 Å². The van der Waals surface area contributed by atoms with E-state index in [-0.39, 0.29) is 36.2 Å². The van der Waals surface area contributed by atoms with E-state index in [4.69, 9.17) is 4.74 Å². The summed E-state index contributed by atoms with van der Waals surface area (Å²) in [5, 5.41) is 3.04. The van der Waals surface area contributed by atoms with Crippen LogP contribution in [0.1, 0.15) is 85.8 Å². The average molecular weight is 635 g/mol. The molecular formula is C41H52N3O3+. The number of benzene rings is 2. The number of anilines is 1. The summed E-state index contributed by atoms with van der Waals surface area (Å²) in [6.45, 7) is 19.6. The van der Waals surface area contributed by atoms with Crippen molar-refractivity contribution in [2.45, 2.75) is 85.5 Å². The first-order valence-electron chi connectivity index (χ1n) is 17.3. The highest BCUT2D eigenvalue weighted by atomic mass is 16.5. The number of hydrogen-bond acceptors (Lipinski definition) is 4. The summed E-state index contributed by atoms with van der Waals surface area (Å²) in [4.78, 5) is 30.2. The first-order valence-corrected chi connectivity index (χ1v) is 17.3. The predicted molar refractivity (Wildman–Crippen MR) is 192 cm³/mol. The summed E-state index contributed by atoms with van der Waals surface area (Å²) < 4.78 is 8.01. The maximum atomic E-state index is 14.0. The van der Waals surface area contributed by atoms with Gasteiger partial charge in [0.15, 0.2) is 11.1 Å². The fourth-order valence-electron chi connectivity index (χ4n) is 7.72. The van der Waals surface area contributed by atoms with Gasteiger partial charge in [-0.1, -0.05) is 75.4 Å². The van der Waals surface area contributed by atoms with E-state index in [2.05, 4.69) is 135 Å². The molecular weight excluding hydrogens is 582 g/mol. The molecule has 1 atom stereocenters. The normalized spacial score (nSPS) is 22.9. The zero-order chi connectivity index (χ0) is 34.0. The van der Waals surface area contributed by atoms with Crippen LogP contribution in [-0.4, -0.2) is 48.4 Å². The quantitative estimate of drug-likeness (QED) is 0.163. The fraction of sp³-hybridized carbons (Fsp3) is 0.439. The lowest BCUT2D eigenvalue weighted by Gasteiger charge is -2.34. The molecule has 5 rings (SSSR count). The molecule has 1 aliphatic carbocycles. The lowest BCUT2D eigenvalue weighted by molar-refractivity contribution is -0.433. The topological polar surface area (TPSA) is 61.7 Å². The third kappa shape index (κ3) is 6.03. The molecule has 3 aliphatic rings. The van der Waals surface area contributed by atoms with Crippen LogP contribution >= 0.6 is 0 Å². The standard InChI is InChI=1S/C41H51N3O3/c1-9-25-42-37(45)41(38(46)47-12-4)27-29(21-23-35-39(5,6)31-17-13-15-19-33(31)43(35)10-2)26-30(28-41)22-24-36-40(7,8)32-18-14-16-20-34(32)44(36)11-3/h13-24,26H,9-12,25,27-28H2,1-8H3/p+1. The van der Waals surface area contributed by atoms with Gasteiger partial charge in [-0.15, -0.1) is 0 Å². The van der Waals surface area contributed by atoms with E-state index in [1.165, 1.54) is 33.9 Å². The molecule has 2 aromatic rings. The number of amides is 1. The molecule has 0 saturated carbocycles. The summed E-state index contributed by atoms with van der Waals surface area (Å²) in [6, 6.07) is 17.2. The molecule has 248 valence electrons. The van der Waals surface area contributed by atoms with Crippen molar-refractivity contribution in [2.24, 2.45) is 5.41 Å². The highest BCUT2D eigenvalue weighted by Crippen LogP contribution is 2.48. The number of allylic oxidation sites excluding steroid dienone is 8. The second-order valence-electron chi connectivity index (χ2n) is 13.9. The van der Waals surface area contributed by atoms with E-state index >= 15 is 0 Å². The molecule has 0 bridgehead atoms. The Morgan fingerprint density at radius 1 is 0.894 bits per heavy atom. The SMILES string of the molecule is CCCNC(=O)C1(C(=O)OCC)CC(/C=C/C2=[N+](CC)c3ccccc3C2(C)C)=CC(=C/C=C2/N(CC)c3ccccc3C2(C)C)/C1. The van der Waals surface area contributed by atoms with Crippen LogP contribution in [0.15, 0.2) is 95.8 Å². The number of likely N-dealkylation sites (N-methyl/N-ethyl adjacent to an activating group) is 1. The number of ether oxygens (including phenoxy) is 1. The first-order chi connectivity index (χ1) is 22.5. The molecule has 2 heterocycles.